The molecular formula is C29H32N2O7. The van der Waals surface area contributed by atoms with Crippen molar-refractivity contribution in [2.45, 2.75) is 37.6 Å². The van der Waals surface area contributed by atoms with Gasteiger partial charge in [-0.05, 0) is 36.0 Å². The third kappa shape index (κ3) is 6.48. The Hall–Kier alpha value is -3.95. The largest absolute Gasteiger partial charge is 0.466 e. The second-order valence-corrected chi connectivity index (χ2v) is 9.35. The van der Waals surface area contributed by atoms with Gasteiger partial charge in [0.25, 0.3) is 6.29 Å². The van der Waals surface area contributed by atoms with Gasteiger partial charge in [-0.1, -0.05) is 66.7 Å². The molecule has 2 aliphatic rings. The van der Waals surface area contributed by atoms with Gasteiger partial charge in [0.1, 0.15) is 18.7 Å². The van der Waals surface area contributed by atoms with E-state index in [2.05, 4.69) is 0 Å². The molecule has 0 unspecified atom stereocenters. The van der Waals surface area contributed by atoms with Crippen molar-refractivity contribution < 1.29 is 33.3 Å². The van der Waals surface area contributed by atoms with Crippen molar-refractivity contribution in [1.29, 1.82) is 0 Å². The highest BCUT2D eigenvalue weighted by Crippen LogP contribution is 2.44. The van der Waals surface area contributed by atoms with Gasteiger partial charge < -0.3 is 30.4 Å². The first-order chi connectivity index (χ1) is 18.4. The molecule has 4 rings (SSSR count). The summed E-state index contributed by atoms with van der Waals surface area (Å²) in [5.74, 6) is -2.66. The quantitative estimate of drug-likeness (QED) is 0.274. The molecule has 0 saturated heterocycles. The summed E-state index contributed by atoms with van der Waals surface area (Å²) in [5.41, 5.74) is 15.0. The first-order valence-electron chi connectivity index (χ1n) is 12.5. The first kappa shape index (κ1) is 27.1. The van der Waals surface area contributed by atoms with E-state index in [1.54, 1.807) is 0 Å². The SMILES string of the molecule is COC(=O)C1=CO[C@@H](OC(=O)[C@@H](N)Cc2ccccc2)[C@@H]2C(COC(=O)[C@@H](N)Cc3ccccc3)=CC[C@H]12. The number of hydrogen-bond acceptors (Lipinski definition) is 9. The van der Waals surface area contributed by atoms with E-state index in [1.807, 2.05) is 66.7 Å². The Balaban J connectivity index is 1.42. The van der Waals surface area contributed by atoms with Gasteiger partial charge in [-0.3, -0.25) is 9.59 Å². The molecule has 9 heteroatoms. The molecule has 9 nitrogen and oxygen atoms in total. The zero-order valence-corrected chi connectivity index (χ0v) is 21.2. The van der Waals surface area contributed by atoms with E-state index in [0.29, 0.717) is 30.4 Å². The Morgan fingerprint density at radius 3 is 2.08 bits per heavy atom. The van der Waals surface area contributed by atoms with Crippen LogP contribution in [-0.4, -0.2) is 50.0 Å². The van der Waals surface area contributed by atoms with Gasteiger partial charge in [0.05, 0.1) is 24.9 Å². The number of carbonyl (C=O) groups excluding carboxylic acids is 3. The highest BCUT2D eigenvalue weighted by molar-refractivity contribution is 5.89. The molecule has 200 valence electrons. The van der Waals surface area contributed by atoms with Crippen molar-refractivity contribution in [3.8, 4) is 0 Å². The molecule has 2 aromatic rings. The summed E-state index contributed by atoms with van der Waals surface area (Å²) in [6.45, 7) is -0.0789. The molecule has 1 heterocycles. The van der Waals surface area contributed by atoms with Crippen LogP contribution in [0.2, 0.25) is 0 Å². The van der Waals surface area contributed by atoms with Crippen molar-refractivity contribution in [1.82, 2.24) is 0 Å². The number of rotatable bonds is 10. The standard InChI is InChI=1S/C29H32N2O7/c1-35-26(32)22-17-37-29(38-28(34)24(31)15-19-10-6-3-7-11-19)25-20(12-13-21(22)25)16-36-27(33)23(30)14-18-8-4-2-5-9-18/h2-12,17,21,23-25,29H,13-16,30-31H2,1H3/t21-,23+,24+,25-,29+/m1/s1. The van der Waals surface area contributed by atoms with Crippen molar-refractivity contribution in [3.05, 3.63) is 95.3 Å². The number of nitrogens with two attached hydrogens (primary N) is 2. The second kappa shape index (κ2) is 12.5. The minimum atomic E-state index is -1.05. The van der Waals surface area contributed by atoms with Crippen molar-refractivity contribution in [3.63, 3.8) is 0 Å². The van der Waals surface area contributed by atoms with Gasteiger partial charge >= 0.3 is 17.9 Å². The van der Waals surface area contributed by atoms with Gasteiger partial charge in [0.2, 0.25) is 0 Å². The van der Waals surface area contributed by atoms with Crippen LogP contribution < -0.4 is 11.5 Å². The fraction of sp³-hybridized carbons (Fsp3) is 0.345. The number of benzene rings is 2. The maximum Gasteiger partial charge on any atom is 0.337 e. The number of hydrogen-bond donors (Lipinski definition) is 2. The summed E-state index contributed by atoms with van der Waals surface area (Å²) < 4.78 is 21.8. The summed E-state index contributed by atoms with van der Waals surface area (Å²) in [4.78, 5) is 37.8. The molecular weight excluding hydrogens is 488 g/mol. The van der Waals surface area contributed by atoms with E-state index in [-0.39, 0.29) is 12.5 Å². The highest BCUT2D eigenvalue weighted by Gasteiger charge is 2.46. The number of ether oxygens (including phenoxy) is 4. The van der Waals surface area contributed by atoms with Crippen molar-refractivity contribution in [2.75, 3.05) is 13.7 Å². The van der Waals surface area contributed by atoms with E-state index in [4.69, 9.17) is 30.4 Å². The molecule has 0 radical (unpaired) electrons. The molecule has 4 N–H and O–H groups in total. The average molecular weight is 521 g/mol. The van der Waals surface area contributed by atoms with Crippen molar-refractivity contribution in [2.24, 2.45) is 23.3 Å². The van der Waals surface area contributed by atoms with Gasteiger partial charge in [-0.2, -0.15) is 0 Å². The van der Waals surface area contributed by atoms with Crippen LogP contribution in [-0.2, 0) is 46.2 Å². The molecule has 1 aliphatic carbocycles. The lowest BCUT2D eigenvalue weighted by molar-refractivity contribution is -0.184. The Bertz CT molecular complexity index is 1200. The number of methoxy groups -OCH3 is 1. The van der Waals surface area contributed by atoms with Crippen LogP contribution in [0.4, 0.5) is 0 Å². The topological polar surface area (TPSA) is 140 Å². The second-order valence-electron chi connectivity index (χ2n) is 9.35. The predicted molar refractivity (Wildman–Crippen MR) is 138 cm³/mol. The molecule has 1 aliphatic heterocycles. The number of carbonyl (C=O) groups is 3. The summed E-state index contributed by atoms with van der Waals surface area (Å²) in [6.07, 6.45) is 3.18. The van der Waals surface area contributed by atoms with Crippen LogP contribution in [0.1, 0.15) is 17.5 Å². The first-order valence-corrected chi connectivity index (χ1v) is 12.5. The van der Waals surface area contributed by atoms with Crippen LogP contribution >= 0.6 is 0 Å². The third-order valence-corrected chi connectivity index (χ3v) is 6.75. The van der Waals surface area contributed by atoms with Gasteiger partial charge in [0.15, 0.2) is 0 Å². The normalized spacial score (nSPS) is 21.6. The zero-order chi connectivity index (χ0) is 27.1. The summed E-state index contributed by atoms with van der Waals surface area (Å²) in [5, 5.41) is 0. The molecule has 2 aromatic carbocycles. The Morgan fingerprint density at radius 1 is 0.921 bits per heavy atom. The van der Waals surface area contributed by atoms with Crippen LogP contribution in [0.3, 0.4) is 0 Å². The maximum absolute atomic E-state index is 12.9. The van der Waals surface area contributed by atoms with E-state index < -0.39 is 42.2 Å². The Labute approximate surface area is 221 Å². The van der Waals surface area contributed by atoms with Gasteiger partial charge in [0, 0.05) is 5.92 Å². The smallest absolute Gasteiger partial charge is 0.337 e. The van der Waals surface area contributed by atoms with Crippen LogP contribution in [0, 0.1) is 11.8 Å². The summed E-state index contributed by atoms with van der Waals surface area (Å²) in [7, 11) is 1.28. The molecule has 38 heavy (non-hydrogen) atoms. The molecule has 0 bridgehead atoms. The molecule has 0 fully saturated rings. The fourth-order valence-electron chi connectivity index (χ4n) is 4.76. The minimum absolute atomic E-state index is 0.0789. The van der Waals surface area contributed by atoms with E-state index in [9.17, 15) is 14.4 Å². The fourth-order valence-corrected chi connectivity index (χ4v) is 4.76. The van der Waals surface area contributed by atoms with Gasteiger partial charge in [-0.15, -0.1) is 0 Å². The molecule has 0 saturated carbocycles. The molecule has 0 aromatic heterocycles. The average Bonchev–Trinajstić information content (AvgIpc) is 3.37. The third-order valence-electron chi connectivity index (χ3n) is 6.75. The predicted octanol–water partition coefficient (Wildman–Crippen LogP) is 2.19. The number of esters is 3. The van der Waals surface area contributed by atoms with Crippen LogP contribution in [0.5, 0.6) is 0 Å². The zero-order valence-electron chi connectivity index (χ0n) is 21.2. The van der Waals surface area contributed by atoms with E-state index in [1.165, 1.54) is 13.4 Å². The lowest BCUT2D eigenvalue weighted by Gasteiger charge is -2.34. The minimum Gasteiger partial charge on any atom is -0.466 e. The van der Waals surface area contributed by atoms with Crippen LogP contribution in [0.15, 0.2) is 84.1 Å². The molecule has 0 spiro atoms. The summed E-state index contributed by atoms with van der Waals surface area (Å²) in [6, 6.07) is 17.0. The van der Waals surface area contributed by atoms with Crippen LogP contribution in [0.25, 0.3) is 0 Å². The molecule has 5 atom stereocenters. The van der Waals surface area contributed by atoms with E-state index in [0.717, 1.165) is 11.1 Å². The van der Waals surface area contributed by atoms with Crippen molar-refractivity contribution >= 4 is 17.9 Å². The lowest BCUT2D eigenvalue weighted by atomic mass is 9.83. The monoisotopic (exact) mass is 520 g/mol. The Kier molecular flexibility index (Phi) is 8.93. The van der Waals surface area contributed by atoms with Gasteiger partial charge in [-0.25, -0.2) is 4.79 Å². The lowest BCUT2D eigenvalue weighted by Crippen LogP contribution is -2.43. The molecule has 0 amide bonds. The number of allylic oxidation sites excluding steroid dienone is 1. The summed E-state index contributed by atoms with van der Waals surface area (Å²) >= 11 is 0. The maximum atomic E-state index is 12.9. The number of fused-ring (bicyclic) bond motifs is 1. The Morgan fingerprint density at radius 2 is 1.50 bits per heavy atom. The highest BCUT2D eigenvalue weighted by atomic mass is 16.7. The van der Waals surface area contributed by atoms with E-state index >= 15 is 0 Å².